The lowest BCUT2D eigenvalue weighted by molar-refractivity contribution is -0.141. The molecule has 2 N–H and O–H groups in total. The van der Waals surface area contributed by atoms with E-state index in [1.165, 1.54) is 11.8 Å². The van der Waals surface area contributed by atoms with E-state index in [1.54, 1.807) is 0 Å². The zero-order valence-corrected chi connectivity index (χ0v) is 12.2. The van der Waals surface area contributed by atoms with Gasteiger partial charge in [0, 0.05) is 17.1 Å². The lowest BCUT2D eigenvalue weighted by atomic mass is 10.2. The molecule has 7 heteroatoms. The van der Waals surface area contributed by atoms with Crippen LogP contribution in [0.15, 0.2) is 35.3 Å². The Labute approximate surface area is 126 Å². The average molecular weight is 310 g/mol. The van der Waals surface area contributed by atoms with E-state index >= 15 is 0 Å². The number of nitrogens with zero attached hydrogens (tertiary/aromatic N) is 1. The maximum atomic E-state index is 12.0. The minimum Gasteiger partial charge on any atom is -0.480 e. The summed E-state index contributed by atoms with van der Waals surface area (Å²) in [7, 11) is 0. The Morgan fingerprint density at radius 2 is 2.15 bits per heavy atom. The molecule has 0 radical (unpaired) electrons. The Hall–Kier alpha value is -1.47. The molecule has 1 heterocycles. The van der Waals surface area contributed by atoms with Gasteiger partial charge in [-0.1, -0.05) is 30.3 Å². The number of carboxylic acids is 1. The van der Waals surface area contributed by atoms with Crippen LogP contribution in [-0.2, 0) is 9.59 Å². The number of rotatable bonds is 5. The predicted octanol–water partition coefficient (Wildman–Crippen LogP) is 1.05. The largest absolute Gasteiger partial charge is 0.480 e. The topological polar surface area (TPSA) is 78.8 Å². The number of thiol groups is 1. The molecule has 1 aromatic carbocycles. The first-order valence-corrected chi connectivity index (χ1v) is 7.63. The molecule has 106 valence electrons. The molecular weight excluding hydrogens is 296 g/mol. The Balaban J connectivity index is 2.03. The Morgan fingerprint density at radius 1 is 1.45 bits per heavy atom. The molecular formula is C13H14N2O3S2. The molecule has 20 heavy (non-hydrogen) atoms. The second-order valence-electron chi connectivity index (χ2n) is 4.21. The van der Waals surface area contributed by atoms with Gasteiger partial charge in [0.2, 0.25) is 5.91 Å². The Morgan fingerprint density at radius 3 is 2.75 bits per heavy atom. The van der Waals surface area contributed by atoms with Crippen molar-refractivity contribution in [2.45, 2.75) is 12.1 Å². The minimum absolute atomic E-state index is 0.0518. The predicted molar refractivity (Wildman–Crippen MR) is 82.6 cm³/mol. The van der Waals surface area contributed by atoms with Crippen LogP contribution in [0.25, 0.3) is 0 Å². The standard InChI is InChI=1S/C13H14N2O3S2/c16-11(14-9(6-19)13(17)18)10-7-20-12(15-10)8-4-2-1-3-5-8/h1-5,9-10,19H,6-7H2,(H,14,16)(H,17,18)/t9-,10?/m0/s1. The van der Waals surface area contributed by atoms with Gasteiger partial charge in [-0.3, -0.25) is 9.79 Å². The van der Waals surface area contributed by atoms with E-state index in [4.69, 9.17) is 5.11 Å². The zero-order chi connectivity index (χ0) is 14.5. The van der Waals surface area contributed by atoms with Crippen molar-refractivity contribution in [2.75, 3.05) is 11.5 Å². The number of nitrogens with one attached hydrogen (secondary N) is 1. The maximum absolute atomic E-state index is 12.0. The van der Waals surface area contributed by atoms with Crippen molar-refractivity contribution in [2.24, 2.45) is 4.99 Å². The summed E-state index contributed by atoms with van der Waals surface area (Å²) in [4.78, 5) is 27.2. The maximum Gasteiger partial charge on any atom is 0.327 e. The number of aliphatic imine (C=N–C) groups is 1. The third kappa shape index (κ3) is 3.55. The van der Waals surface area contributed by atoms with Crippen LogP contribution >= 0.6 is 24.4 Å². The van der Waals surface area contributed by atoms with Gasteiger partial charge < -0.3 is 10.4 Å². The summed E-state index contributed by atoms with van der Waals surface area (Å²) in [5.41, 5.74) is 0.969. The summed E-state index contributed by atoms with van der Waals surface area (Å²) in [6.07, 6.45) is 0. The molecule has 0 aromatic heterocycles. The fourth-order valence-corrected chi connectivity index (χ4v) is 2.99. The molecule has 0 saturated carbocycles. The summed E-state index contributed by atoms with van der Waals surface area (Å²) in [6, 6.07) is 8.07. The molecule has 1 unspecified atom stereocenters. The summed E-state index contributed by atoms with van der Waals surface area (Å²) >= 11 is 5.41. The van der Waals surface area contributed by atoms with Crippen LogP contribution in [0.2, 0.25) is 0 Å². The highest BCUT2D eigenvalue weighted by atomic mass is 32.2. The fourth-order valence-electron chi connectivity index (χ4n) is 1.70. The number of hydrogen-bond donors (Lipinski definition) is 3. The van der Waals surface area contributed by atoms with Gasteiger partial charge in [0.25, 0.3) is 0 Å². The molecule has 1 aliphatic heterocycles. The van der Waals surface area contributed by atoms with Crippen LogP contribution in [-0.4, -0.2) is 45.6 Å². The summed E-state index contributed by atoms with van der Waals surface area (Å²) in [5, 5.41) is 12.1. The van der Waals surface area contributed by atoms with Crippen molar-refractivity contribution < 1.29 is 14.7 Å². The first-order chi connectivity index (χ1) is 9.61. The normalized spacial score (nSPS) is 19.2. The summed E-state index contributed by atoms with van der Waals surface area (Å²) in [5.74, 6) is -0.887. The third-order valence-electron chi connectivity index (χ3n) is 2.77. The molecule has 1 amide bonds. The lowest BCUT2D eigenvalue weighted by Gasteiger charge is -2.13. The van der Waals surface area contributed by atoms with E-state index in [9.17, 15) is 9.59 Å². The van der Waals surface area contributed by atoms with E-state index in [0.29, 0.717) is 5.75 Å². The number of thioether (sulfide) groups is 1. The van der Waals surface area contributed by atoms with E-state index in [-0.39, 0.29) is 11.7 Å². The van der Waals surface area contributed by atoms with Gasteiger partial charge in [-0.15, -0.1) is 11.8 Å². The highest BCUT2D eigenvalue weighted by molar-refractivity contribution is 8.14. The molecule has 2 rings (SSSR count). The van der Waals surface area contributed by atoms with E-state index in [0.717, 1.165) is 10.6 Å². The van der Waals surface area contributed by atoms with Crippen LogP contribution in [0.1, 0.15) is 5.56 Å². The highest BCUT2D eigenvalue weighted by Crippen LogP contribution is 2.23. The van der Waals surface area contributed by atoms with Crippen LogP contribution in [0, 0.1) is 0 Å². The van der Waals surface area contributed by atoms with E-state index in [1.807, 2.05) is 30.3 Å². The molecule has 0 fully saturated rings. The van der Waals surface area contributed by atoms with Crippen molar-refractivity contribution in [3.05, 3.63) is 35.9 Å². The van der Waals surface area contributed by atoms with Gasteiger partial charge in [0.15, 0.2) is 0 Å². The second kappa shape index (κ2) is 6.81. The monoisotopic (exact) mass is 310 g/mol. The van der Waals surface area contributed by atoms with Crippen LogP contribution in [0.4, 0.5) is 0 Å². The van der Waals surface area contributed by atoms with Gasteiger partial charge in [-0.2, -0.15) is 12.6 Å². The first kappa shape index (κ1) is 14.9. The number of hydrogen-bond acceptors (Lipinski definition) is 5. The second-order valence-corrected chi connectivity index (χ2v) is 5.58. The number of carbonyl (C=O) groups is 2. The quantitative estimate of drug-likeness (QED) is 0.710. The summed E-state index contributed by atoms with van der Waals surface area (Å²) in [6.45, 7) is 0. The van der Waals surface area contributed by atoms with Gasteiger partial charge in [0.1, 0.15) is 12.1 Å². The smallest absolute Gasteiger partial charge is 0.327 e. The molecule has 1 aliphatic rings. The Bertz CT molecular complexity index is 534. The van der Waals surface area contributed by atoms with Gasteiger partial charge in [0.05, 0.1) is 5.04 Å². The molecule has 0 saturated heterocycles. The van der Waals surface area contributed by atoms with Gasteiger partial charge in [-0.05, 0) is 0 Å². The van der Waals surface area contributed by atoms with Gasteiger partial charge >= 0.3 is 5.97 Å². The molecule has 0 spiro atoms. The minimum atomic E-state index is -1.09. The van der Waals surface area contributed by atoms with E-state index < -0.39 is 18.1 Å². The third-order valence-corrected chi connectivity index (χ3v) is 4.23. The molecule has 0 bridgehead atoms. The van der Waals surface area contributed by atoms with Crippen LogP contribution in [0.3, 0.4) is 0 Å². The number of carbonyl (C=O) groups excluding carboxylic acids is 1. The van der Waals surface area contributed by atoms with Crippen LogP contribution in [0.5, 0.6) is 0 Å². The molecule has 2 atom stereocenters. The number of benzene rings is 1. The fraction of sp³-hybridized carbons (Fsp3) is 0.308. The Kier molecular flexibility index (Phi) is 5.08. The zero-order valence-electron chi connectivity index (χ0n) is 10.5. The number of aliphatic carboxylic acids is 1. The van der Waals surface area contributed by atoms with Crippen molar-refractivity contribution >= 4 is 41.3 Å². The summed E-state index contributed by atoms with van der Waals surface area (Å²) < 4.78 is 0. The van der Waals surface area contributed by atoms with Crippen LogP contribution < -0.4 is 5.32 Å². The van der Waals surface area contributed by atoms with Crippen molar-refractivity contribution in [1.82, 2.24) is 5.32 Å². The number of amides is 1. The highest BCUT2D eigenvalue weighted by Gasteiger charge is 2.28. The van der Waals surface area contributed by atoms with Crippen molar-refractivity contribution in [3.8, 4) is 0 Å². The van der Waals surface area contributed by atoms with Crippen molar-refractivity contribution in [1.29, 1.82) is 0 Å². The molecule has 1 aromatic rings. The SMILES string of the molecule is O=C(N[C@@H](CS)C(=O)O)C1CSC(c2ccccc2)=N1. The van der Waals surface area contributed by atoms with E-state index in [2.05, 4.69) is 22.9 Å². The molecule has 0 aliphatic carbocycles. The average Bonchev–Trinajstić information content (AvgIpc) is 2.95. The lowest BCUT2D eigenvalue weighted by Crippen LogP contribution is -2.46. The van der Waals surface area contributed by atoms with Gasteiger partial charge in [-0.25, -0.2) is 4.79 Å². The van der Waals surface area contributed by atoms with Crippen molar-refractivity contribution in [3.63, 3.8) is 0 Å². The first-order valence-electron chi connectivity index (χ1n) is 6.02. The number of carboxylic acid groups (broad SMARTS) is 1. The molecule has 5 nitrogen and oxygen atoms in total.